The molecule has 1 aliphatic heterocycles. The van der Waals surface area contributed by atoms with Gasteiger partial charge >= 0.3 is 12.2 Å². The first-order chi connectivity index (χ1) is 24.0. The number of piperazine rings is 1. The highest BCUT2D eigenvalue weighted by Gasteiger charge is 2.66. The molecule has 18 heteroatoms. The van der Waals surface area contributed by atoms with Crippen LogP contribution in [-0.2, 0) is 19.8 Å². The van der Waals surface area contributed by atoms with Crippen LogP contribution >= 0.6 is 0 Å². The number of hydrogen-bond donors (Lipinski definition) is 1. The lowest BCUT2D eigenvalue weighted by molar-refractivity contribution is -0.161. The largest absolute Gasteiger partial charge is 0.400 e. The van der Waals surface area contributed by atoms with Gasteiger partial charge in [-0.15, -0.1) is 4.28 Å². The quantitative estimate of drug-likeness (QED) is 0.182. The zero-order valence-electron chi connectivity index (χ0n) is 27.5. The fourth-order valence-electron chi connectivity index (χ4n) is 5.81. The second-order valence-electron chi connectivity index (χ2n) is 12.4. The fourth-order valence-corrected chi connectivity index (χ4v) is 6.22. The zero-order valence-corrected chi connectivity index (χ0v) is 28.4. The summed E-state index contributed by atoms with van der Waals surface area (Å²) in [4.78, 5) is 34.2. The summed E-state index contributed by atoms with van der Waals surface area (Å²) < 4.78 is 101. The number of rotatable bonds is 8. The summed E-state index contributed by atoms with van der Waals surface area (Å²) in [6.07, 6.45) is -4.22. The van der Waals surface area contributed by atoms with Gasteiger partial charge in [0.2, 0.25) is 0 Å². The van der Waals surface area contributed by atoms with Crippen LogP contribution in [0.4, 0.5) is 44.1 Å². The molecule has 2 aromatic heterocycles. The molecule has 0 radical (unpaired) electrons. The fraction of sp³-hybridized carbons (Fsp3) is 0.333. The molecule has 0 atom stereocenters. The molecule has 3 amide bonds. The van der Waals surface area contributed by atoms with E-state index >= 15 is 0 Å². The Morgan fingerprint density at radius 2 is 1.57 bits per heavy atom. The van der Waals surface area contributed by atoms with Crippen molar-refractivity contribution in [3.63, 3.8) is 0 Å². The van der Waals surface area contributed by atoms with E-state index < -0.39 is 50.8 Å². The molecule has 270 valence electrons. The zero-order chi connectivity index (χ0) is 36.9. The smallest absolute Gasteiger partial charge is 0.353 e. The molecule has 2 fully saturated rings. The van der Waals surface area contributed by atoms with Crippen molar-refractivity contribution in [3.8, 4) is 5.69 Å². The highest BCUT2D eigenvalue weighted by atomic mass is 32.2. The minimum absolute atomic E-state index is 0.0962. The van der Waals surface area contributed by atoms with Crippen LogP contribution in [0.2, 0.25) is 0 Å². The van der Waals surface area contributed by atoms with Crippen molar-refractivity contribution in [2.45, 2.75) is 38.3 Å². The van der Waals surface area contributed by atoms with Crippen LogP contribution in [-0.4, -0.2) is 78.6 Å². The number of urea groups is 1. The van der Waals surface area contributed by atoms with Gasteiger partial charge in [0, 0.05) is 32.2 Å². The molecular weight excluding hydrogens is 701 g/mol. The van der Waals surface area contributed by atoms with Crippen LogP contribution in [0.5, 0.6) is 0 Å². The standard InChI is InChI=1S/C33H32F5N7O5S/c1-20-7-9-22(10-8-20)44-28(19-26(41-44)32(13-14-32)33(36,37)38)40-31(47)45(50-51(3,48)49)25-11-12-27(39-21(25)2)42-15-17-43(18-16-42)30(46)29-23(34)5-4-6-24(29)35/h4-12,19H,13-18H2,1-3H3,(H,40,47). The van der Waals surface area contributed by atoms with Gasteiger partial charge in [0.25, 0.3) is 16.0 Å². The average molecular weight is 734 g/mol. The van der Waals surface area contributed by atoms with Gasteiger partial charge in [-0.25, -0.2) is 23.2 Å². The molecule has 0 unspecified atom stereocenters. The summed E-state index contributed by atoms with van der Waals surface area (Å²) in [6, 6.07) is 12.6. The van der Waals surface area contributed by atoms with Gasteiger partial charge < -0.3 is 9.80 Å². The van der Waals surface area contributed by atoms with Crippen LogP contribution in [0.3, 0.4) is 0 Å². The predicted octanol–water partition coefficient (Wildman–Crippen LogP) is 5.65. The number of benzene rings is 2. The van der Waals surface area contributed by atoms with Crippen LogP contribution in [0, 0.1) is 25.5 Å². The Balaban J connectivity index is 1.24. The number of aromatic nitrogens is 3. The Kier molecular flexibility index (Phi) is 9.26. The van der Waals surface area contributed by atoms with Gasteiger partial charge in [0.1, 0.15) is 34.2 Å². The monoisotopic (exact) mass is 733 g/mol. The Morgan fingerprint density at radius 3 is 2.12 bits per heavy atom. The van der Waals surface area contributed by atoms with Crippen molar-refractivity contribution in [1.82, 2.24) is 19.7 Å². The molecule has 1 saturated carbocycles. The third kappa shape index (κ3) is 7.23. The number of amides is 3. The Morgan fingerprint density at radius 1 is 0.941 bits per heavy atom. The molecular formula is C33H32F5N7O5S. The topological polar surface area (TPSA) is 130 Å². The first kappa shape index (κ1) is 35.7. The molecule has 0 spiro atoms. The maximum Gasteiger partial charge on any atom is 0.400 e. The van der Waals surface area contributed by atoms with Gasteiger partial charge in [0.05, 0.1) is 29.0 Å². The van der Waals surface area contributed by atoms with E-state index in [1.54, 1.807) is 29.2 Å². The normalized spacial score (nSPS) is 15.8. The lowest BCUT2D eigenvalue weighted by Gasteiger charge is -2.35. The van der Waals surface area contributed by atoms with E-state index in [0.29, 0.717) is 22.8 Å². The van der Waals surface area contributed by atoms with Crippen molar-refractivity contribution >= 4 is 39.4 Å². The lowest BCUT2D eigenvalue weighted by Crippen LogP contribution is -2.49. The summed E-state index contributed by atoms with van der Waals surface area (Å²) in [5.41, 5.74) is -1.85. The lowest BCUT2D eigenvalue weighted by atomic mass is 10.0. The van der Waals surface area contributed by atoms with Crippen LogP contribution in [0.15, 0.2) is 60.7 Å². The number of hydroxylamine groups is 1. The Bertz CT molecular complexity index is 2080. The second-order valence-corrected chi connectivity index (χ2v) is 14.0. The number of carbonyl (C=O) groups is 2. The summed E-state index contributed by atoms with van der Waals surface area (Å²) in [5.74, 6) is -2.49. The summed E-state index contributed by atoms with van der Waals surface area (Å²) in [6.45, 7) is 4.02. The molecule has 1 N–H and O–H groups in total. The average Bonchev–Trinajstić information content (AvgIpc) is 3.79. The van der Waals surface area contributed by atoms with E-state index in [1.165, 1.54) is 30.0 Å². The summed E-state index contributed by atoms with van der Waals surface area (Å²) in [7, 11) is -4.33. The van der Waals surface area contributed by atoms with Gasteiger partial charge in [-0.3, -0.25) is 10.1 Å². The van der Waals surface area contributed by atoms with Gasteiger partial charge in [-0.1, -0.05) is 23.8 Å². The third-order valence-electron chi connectivity index (χ3n) is 8.73. The molecule has 1 aliphatic carbocycles. The van der Waals surface area contributed by atoms with Crippen molar-refractivity contribution < 1.29 is 44.2 Å². The SMILES string of the molecule is Cc1ccc(-n2nc(C3(C(F)(F)F)CC3)cc2NC(=O)N(OS(C)(=O)=O)c2ccc(N3CCN(C(=O)c4c(F)cccc4F)CC3)nc2C)cc1. The number of nitrogens with zero attached hydrogens (tertiary/aromatic N) is 6. The first-order valence-electron chi connectivity index (χ1n) is 15.7. The van der Waals surface area contributed by atoms with Crippen LogP contribution < -0.4 is 15.3 Å². The number of alkyl halides is 3. The number of aryl methyl sites for hydroxylation is 2. The van der Waals surface area contributed by atoms with Crippen LogP contribution in [0.25, 0.3) is 5.69 Å². The minimum Gasteiger partial charge on any atom is -0.353 e. The van der Waals surface area contributed by atoms with Gasteiger partial charge in [0.15, 0.2) is 0 Å². The number of carbonyl (C=O) groups excluding carboxylic acids is 2. The van der Waals surface area contributed by atoms with Crippen LogP contribution in [0.1, 0.15) is 40.2 Å². The van der Waals surface area contributed by atoms with E-state index in [9.17, 15) is 40.0 Å². The first-order valence-corrected chi connectivity index (χ1v) is 17.5. The van der Waals surface area contributed by atoms with Gasteiger partial charge in [-0.05, 0) is 63.1 Å². The third-order valence-corrected chi connectivity index (χ3v) is 9.15. The number of halogens is 5. The van der Waals surface area contributed by atoms with E-state index in [2.05, 4.69) is 15.4 Å². The minimum atomic E-state index is -4.59. The van der Waals surface area contributed by atoms with E-state index in [-0.39, 0.29) is 61.9 Å². The molecule has 2 aromatic carbocycles. The van der Waals surface area contributed by atoms with Gasteiger partial charge in [-0.2, -0.15) is 31.8 Å². The number of anilines is 3. The van der Waals surface area contributed by atoms with Crippen molar-refractivity contribution in [2.75, 3.05) is 47.7 Å². The Hall–Kier alpha value is -5.10. The molecule has 4 aromatic rings. The molecule has 6 rings (SSSR count). The van der Waals surface area contributed by atoms with Crippen molar-refractivity contribution in [3.05, 3.63) is 94.8 Å². The highest BCUT2D eigenvalue weighted by molar-refractivity contribution is 7.86. The Labute approximate surface area is 289 Å². The number of nitrogens with one attached hydrogen (secondary N) is 1. The summed E-state index contributed by atoms with van der Waals surface area (Å²) >= 11 is 0. The molecule has 12 nitrogen and oxygen atoms in total. The molecule has 2 aliphatic rings. The highest BCUT2D eigenvalue weighted by Crippen LogP contribution is 2.58. The molecule has 1 saturated heterocycles. The van der Waals surface area contributed by atoms with E-state index in [0.717, 1.165) is 28.4 Å². The van der Waals surface area contributed by atoms with E-state index in [1.807, 2.05) is 6.92 Å². The van der Waals surface area contributed by atoms with E-state index in [4.69, 9.17) is 4.28 Å². The van der Waals surface area contributed by atoms with Crippen molar-refractivity contribution in [2.24, 2.45) is 0 Å². The maximum atomic E-state index is 14.2. The number of hydrogen-bond acceptors (Lipinski definition) is 8. The number of pyridine rings is 1. The maximum absolute atomic E-state index is 14.2. The summed E-state index contributed by atoms with van der Waals surface area (Å²) in [5, 5.41) is 7.11. The molecule has 3 heterocycles. The van der Waals surface area contributed by atoms with Crippen molar-refractivity contribution in [1.29, 1.82) is 0 Å². The molecule has 51 heavy (non-hydrogen) atoms. The predicted molar refractivity (Wildman–Crippen MR) is 176 cm³/mol. The second kappa shape index (κ2) is 13.2. The molecule has 0 bridgehead atoms.